The van der Waals surface area contributed by atoms with E-state index in [1.54, 1.807) is 0 Å². The van der Waals surface area contributed by atoms with Crippen molar-refractivity contribution in [3.05, 3.63) is 24.3 Å². The normalized spacial score (nSPS) is 13.5. The van der Waals surface area contributed by atoms with Gasteiger partial charge in [-0.3, -0.25) is 4.79 Å². The molecule has 470 valence electrons. The van der Waals surface area contributed by atoms with Crippen LogP contribution in [0.5, 0.6) is 0 Å². The number of rotatable bonds is 68. The smallest absolute Gasteiger partial charge is 0.249 e. The average Bonchev–Trinajstić information content (AvgIpc) is 3.45. The second kappa shape index (κ2) is 67.6. The zero-order valence-electron chi connectivity index (χ0n) is 53.7. The molecular formula is C73H143NO5. The lowest BCUT2D eigenvalue weighted by Gasteiger charge is -2.27. The molecule has 0 heterocycles. The lowest BCUT2D eigenvalue weighted by molar-refractivity contribution is -0.132. The fourth-order valence-corrected chi connectivity index (χ4v) is 11.8. The predicted molar refractivity (Wildman–Crippen MR) is 348 cm³/mol. The number of carbonyl (C=O) groups excluding carboxylic acids is 1. The van der Waals surface area contributed by atoms with Gasteiger partial charge in [-0.25, -0.2) is 0 Å². The Kier molecular flexibility index (Phi) is 66.5. The van der Waals surface area contributed by atoms with E-state index in [0.29, 0.717) is 12.8 Å². The van der Waals surface area contributed by atoms with E-state index in [1.807, 2.05) is 0 Å². The van der Waals surface area contributed by atoms with Crippen molar-refractivity contribution in [1.29, 1.82) is 0 Å². The second-order valence-electron chi connectivity index (χ2n) is 25.3. The van der Waals surface area contributed by atoms with Gasteiger partial charge >= 0.3 is 0 Å². The van der Waals surface area contributed by atoms with Gasteiger partial charge in [0.2, 0.25) is 5.91 Å². The van der Waals surface area contributed by atoms with Crippen molar-refractivity contribution in [2.24, 2.45) is 0 Å². The summed E-state index contributed by atoms with van der Waals surface area (Å²) < 4.78 is 0. The van der Waals surface area contributed by atoms with E-state index in [4.69, 9.17) is 0 Å². The summed E-state index contributed by atoms with van der Waals surface area (Å²) in [6.07, 6.45) is 86.0. The number of carbonyl (C=O) groups is 1. The summed E-state index contributed by atoms with van der Waals surface area (Å²) >= 11 is 0. The van der Waals surface area contributed by atoms with E-state index in [0.717, 1.165) is 44.9 Å². The zero-order valence-corrected chi connectivity index (χ0v) is 53.7. The van der Waals surface area contributed by atoms with Gasteiger partial charge in [0, 0.05) is 0 Å². The van der Waals surface area contributed by atoms with Crippen molar-refractivity contribution >= 4 is 5.91 Å². The van der Waals surface area contributed by atoms with Crippen LogP contribution in [0.15, 0.2) is 24.3 Å². The van der Waals surface area contributed by atoms with Crippen molar-refractivity contribution in [3.63, 3.8) is 0 Å². The number of aliphatic hydroxyl groups excluding tert-OH is 4. The quantitative estimate of drug-likeness (QED) is 0.0308. The number of nitrogens with one attached hydrogen (secondary N) is 1. The molecule has 1 amide bonds. The highest BCUT2D eigenvalue weighted by atomic mass is 16.3. The molecule has 4 unspecified atom stereocenters. The molecule has 0 spiro atoms. The van der Waals surface area contributed by atoms with E-state index >= 15 is 0 Å². The molecule has 0 aliphatic carbocycles. The molecule has 0 radical (unpaired) electrons. The van der Waals surface area contributed by atoms with Crippen LogP contribution in [0.25, 0.3) is 0 Å². The number of unbranched alkanes of at least 4 members (excludes halogenated alkanes) is 55. The molecule has 79 heavy (non-hydrogen) atoms. The summed E-state index contributed by atoms with van der Waals surface area (Å²) in [5.41, 5.74) is 0. The Balaban J connectivity index is 3.53. The molecule has 0 aromatic heterocycles. The topological polar surface area (TPSA) is 110 Å². The highest BCUT2D eigenvalue weighted by Gasteiger charge is 2.28. The van der Waals surface area contributed by atoms with Gasteiger partial charge in [0.25, 0.3) is 0 Å². The van der Waals surface area contributed by atoms with E-state index < -0.39 is 36.9 Å². The van der Waals surface area contributed by atoms with Crippen LogP contribution in [0.1, 0.15) is 406 Å². The van der Waals surface area contributed by atoms with Gasteiger partial charge in [0.15, 0.2) is 0 Å². The number of aliphatic hydroxyl groups is 4. The summed E-state index contributed by atoms with van der Waals surface area (Å²) in [6, 6.07) is -0.986. The van der Waals surface area contributed by atoms with Gasteiger partial charge in [-0.2, -0.15) is 0 Å². The summed E-state index contributed by atoms with van der Waals surface area (Å²) in [5.74, 6) is -0.576. The Morgan fingerprint density at radius 1 is 0.316 bits per heavy atom. The maximum atomic E-state index is 12.7. The van der Waals surface area contributed by atoms with Crippen molar-refractivity contribution < 1.29 is 25.2 Å². The van der Waals surface area contributed by atoms with Crippen LogP contribution < -0.4 is 5.32 Å². The Bertz CT molecular complexity index is 1210. The van der Waals surface area contributed by atoms with E-state index in [9.17, 15) is 25.2 Å². The maximum absolute atomic E-state index is 12.7. The van der Waals surface area contributed by atoms with Crippen LogP contribution in [0, 0.1) is 0 Å². The maximum Gasteiger partial charge on any atom is 0.249 e. The first kappa shape index (κ1) is 77.8. The van der Waals surface area contributed by atoms with Gasteiger partial charge in [0.1, 0.15) is 12.2 Å². The Hall–Kier alpha value is -1.21. The minimum absolute atomic E-state index is 0.372. The van der Waals surface area contributed by atoms with E-state index in [1.165, 1.54) is 334 Å². The fraction of sp³-hybridized carbons (Fsp3) is 0.932. The molecule has 0 saturated carbocycles. The van der Waals surface area contributed by atoms with Crippen LogP contribution in [-0.2, 0) is 4.79 Å². The molecule has 5 N–H and O–H groups in total. The van der Waals surface area contributed by atoms with Crippen molar-refractivity contribution in [3.8, 4) is 0 Å². The molecule has 6 heteroatoms. The van der Waals surface area contributed by atoms with Crippen molar-refractivity contribution in [1.82, 2.24) is 5.32 Å². The van der Waals surface area contributed by atoms with Crippen LogP contribution >= 0.6 is 0 Å². The molecule has 0 bridgehead atoms. The van der Waals surface area contributed by atoms with Crippen LogP contribution in [0.4, 0.5) is 0 Å². The molecule has 0 rings (SSSR count). The zero-order chi connectivity index (χ0) is 57.3. The lowest BCUT2D eigenvalue weighted by Crippen LogP contribution is -2.53. The Morgan fingerprint density at radius 3 is 0.797 bits per heavy atom. The third-order valence-electron chi connectivity index (χ3n) is 17.4. The Labute approximate surface area is 495 Å². The van der Waals surface area contributed by atoms with Gasteiger partial charge in [-0.15, -0.1) is 0 Å². The second-order valence-corrected chi connectivity index (χ2v) is 25.3. The predicted octanol–water partition coefficient (Wildman–Crippen LogP) is 22.5. The largest absolute Gasteiger partial charge is 0.394 e. The van der Waals surface area contributed by atoms with Crippen LogP contribution in [0.2, 0.25) is 0 Å². The summed E-state index contributed by atoms with van der Waals surface area (Å²) in [7, 11) is 0. The minimum atomic E-state index is -1.26. The number of amides is 1. The van der Waals surface area contributed by atoms with Crippen LogP contribution in [0.3, 0.4) is 0 Å². The molecule has 0 aromatic carbocycles. The minimum Gasteiger partial charge on any atom is -0.394 e. The first-order chi connectivity index (χ1) is 39.0. The fourth-order valence-electron chi connectivity index (χ4n) is 11.8. The van der Waals surface area contributed by atoms with E-state index in [-0.39, 0.29) is 0 Å². The molecule has 0 saturated heterocycles. The number of allylic oxidation sites excluding steroid dienone is 4. The SMILES string of the molecule is CCCCCCCCCCCCCCC/C=C\C/C=C\CCCCCCCCCCCCCCCCCCC(O)C(=O)NC(CO)C(O)C(O)CCCCCCCCCCCCCCCCCCCCCCCCCCCCC. The number of hydrogen-bond donors (Lipinski definition) is 5. The molecule has 0 aromatic rings. The molecular weight excluding hydrogens is 971 g/mol. The average molecular weight is 1110 g/mol. The monoisotopic (exact) mass is 1110 g/mol. The highest BCUT2D eigenvalue weighted by molar-refractivity contribution is 5.80. The first-order valence-corrected chi connectivity index (χ1v) is 36.2. The molecule has 6 nitrogen and oxygen atoms in total. The summed E-state index contributed by atoms with van der Waals surface area (Å²) in [6.45, 7) is 4.11. The molecule has 0 fully saturated rings. The van der Waals surface area contributed by atoms with Gasteiger partial charge in [-0.1, -0.05) is 385 Å². The lowest BCUT2D eigenvalue weighted by atomic mass is 9.99. The number of hydrogen-bond acceptors (Lipinski definition) is 5. The highest BCUT2D eigenvalue weighted by Crippen LogP contribution is 2.20. The molecule has 4 atom stereocenters. The standard InChI is InChI=1S/C73H143NO5/c1-3-5-7-9-11-13-15-17-19-21-23-25-27-29-31-32-33-34-35-36-37-38-39-41-43-45-47-49-51-53-55-57-59-61-63-65-67-71(77)73(79)74-69(68-75)72(78)70(76)66-64-62-60-58-56-54-52-50-48-46-44-42-40-30-28-26-24-22-20-18-16-14-12-10-8-6-4-2/h31-32,34-35,69-72,75-78H,3-30,33,36-68H2,1-2H3,(H,74,79)/b32-31-,35-34-. The van der Waals surface area contributed by atoms with Crippen molar-refractivity contribution in [2.45, 2.75) is 430 Å². The van der Waals surface area contributed by atoms with Crippen molar-refractivity contribution in [2.75, 3.05) is 6.61 Å². The van der Waals surface area contributed by atoms with Crippen LogP contribution in [-0.4, -0.2) is 57.3 Å². The van der Waals surface area contributed by atoms with E-state index in [2.05, 4.69) is 43.5 Å². The van der Waals surface area contributed by atoms with Gasteiger partial charge in [-0.05, 0) is 44.9 Å². The molecule has 0 aliphatic rings. The first-order valence-electron chi connectivity index (χ1n) is 36.2. The van der Waals surface area contributed by atoms with Gasteiger partial charge < -0.3 is 25.7 Å². The van der Waals surface area contributed by atoms with Gasteiger partial charge in [0.05, 0.1) is 18.8 Å². The summed E-state index contributed by atoms with van der Waals surface area (Å²) in [5, 5.41) is 44.3. The Morgan fingerprint density at radius 2 is 0.544 bits per heavy atom. The third kappa shape index (κ3) is 61.2. The molecule has 0 aliphatic heterocycles. The third-order valence-corrected chi connectivity index (χ3v) is 17.4. The summed E-state index contributed by atoms with van der Waals surface area (Å²) in [4.78, 5) is 12.7.